The number of hydrogen-bond donors (Lipinski definition) is 1. The normalized spacial score (nSPS) is 19.1. The fourth-order valence-electron chi connectivity index (χ4n) is 2.01. The van der Waals surface area contributed by atoms with Gasteiger partial charge in [0.1, 0.15) is 5.75 Å². The van der Waals surface area contributed by atoms with Crippen molar-refractivity contribution in [2.45, 2.75) is 13.3 Å². The Hall–Kier alpha value is -1.88. The van der Waals surface area contributed by atoms with Crippen molar-refractivity contribution >= 4 is 17.3 Å². The molecule has 0 saturated heterocycles. The van der Waals surface area contributed by atoms with Gasteiger partial charge >= 0.3 is 0 Å². The lowest BCUT2D eigenvalue weighted by molar-refractivity contribution is -0.119. The molecular weight excluding hydrogens is 230 g/mol. The van der Waals surface area contributed by atoms with Gasteiger partial charge in [-0.05, 0) is 44.2 Å². The molecule has 1 unspecified atom stereocenters. The highest BCUT2D eigenvalue weighted by Gasteiger charge is 2.33. The summed E-state index contributed by atoms with van der Waals surface area (Å²) in [6.45, 7) is 2.35. The molecule has 1 aromatic carbocycles. The van der Waals surface area contributed by atoms with Crippen LogP contribution < -0.4 is 15.5 Å². The van der Waals surface area contributed by atoms with E-state index in [1.165, 1.54) is 5.01 Å². The molecule has 0 saturated carbocycles. The summed E-state index contributed by atoms with van der Waals surface area (Å²) >= 11 is 0. The van der Waals surface area contributed by atoms with Crippen LogP contribution in [0.2, 0.25) is 0 Å². The number of nitrogens with zero attached hydrogens (tertiary/aromatic N) is 2. The standard InChI is InChI=1S/C13H17N3O2/c1-9-12(7-8-14)13(17)16(15-9)10-3-5-11(18-2)6-4-10/h3-6,12H,7-8,14H2,1-2H3. The topological polar surface area (TPSA) is 67.9 Å². The van der Waals surface area contributed by atoms with Crippen molar-refractivity contribution in [2.24, 2.45) is 16.8 Å². The molecule has 1 aliphatic rings. The van der Waals surface area contributed by atoms with Crippen LogP contribution in [-0.2, 0) is 4.79 Å². The molecule has 1 amide bonds. The predicted octanol–water partition coefficient (Wildman–Crippen LogP) is 1.38. The zero-order valence-corrected chi connectivity index (χ0v) is 10.6. The molecule has 5 heteroatoms. The molecular formula is C13H17N3O2. The number of benzene rings is 1. The van der Waals surface area contributed by atoms with Crippen LogP contribution in [0.5, 0.6) is 5.75 Å². The molecule has 96 valence electrons. The molecule has 2 N–H and O–H groups in total. The van der Waals surface area contributed by atoms with Gasteiger partial charge in [-0.3, -0.25) is 4.79 Å². The number of ether oxygens (including phenoxy) is 1. The summed E-state index contributed by atoms with van der Waals surface area (Å²) < 4.78 is 5.08. The Labute approximate surface area is 106 Å². The molecule has 2 rings (SSSR count). The number of hydrogen-bond acceptors (Lipinski definition) is 4. The Bertz CT molecular complexity index is 468. The first kappa shape index (κ1) is 12.6. The SMILES string of the molecule is COc1ccc(N2N=C(C)C(CCN)C2=O)cc1. The summed E-state index contributed by atoms with van der Waals surface area (Å²) in [5.74, 6) is 0.560. The van der Waals surface area contributed by atoms with Crippen LogP contribution in [0, 0.1) is 5.92 Å². The maximum Gasteiger partial charge on any atom is 0.256 e. The molecule has 0 bridgehead atoms. The van der Waals surface area contributed by atoms with Crippen molar-refractivity contribution in [3.05, 3.63) is 24.3 Å². The number of amides is 1. The van der Waals surface area contributed by atoms with Crippen LogP contribution in [0.25, 0.3) is 0 Å². The second-order valence-corrected chi connectivity index (χ2v) is 4.22. The lowest BCUT2D eigenvalue weighted by atomic mass is 10.0. The monoisotopic (exact) mass is 247 g/mol. The third-order valence-electron chi connectivity index (χ3n) is 3.04. The minimum absolute atomic E-state index is 0.0110. The molecule has 0 spiro atoms. The highest BCUT2D eigenvalue weighted by Crippen LogP contribution is 2.26. The minimum Gasteiger partial charge on any atom is -0.497 e. The number of carbonyl (C=O) groups is 1. The van der Waals surface area contributed by atoms with Crippen molar-refractivity contribution in [1.82, 2.24) is 0 Å². The van der Waals surface area contributed by atoms with E-state index in [9.17, 15) is 4.79 Å². The zero-order chi connectivity index (χ0) is 13.1. The Morgan fingerprint density at radius 3 is 2.61 bits per heavy atom. The molecule has 1 atom stereocenters. The molecule has 1 aromatic rings. The van der Waals surface area contributed by atoms with Crippen LogP contribution in [0.4, 0.5) is 5.69 Å². The van der Waals surface area contributed by atoms with E-state index in [4.69, 9.17) is 10.5 Å². The minimum atomic E-state index is -0.183. The van der Waals surface area contributed by atoms with Gasteiger partial charge in [0.15, 0.2) is 0 Å². The molecule has 0 aliphatic carbocycles. The smallest absolute Gasteiger partial charge is 0.256 e. The van der Waals surface area contributed by atoms with Crippen molar-refractivity contribution < 1.29 is 9.53 Å². The highest BCUT2D eigenvalue weighted by atomic mass is 16.5. The van der Waals surface area contributed by atoms with E-state index >= 15 is 0 Å². The van der Waals surface area contributed by atoms with E-state index < -0.39 is 0 Å². The number of anilines is 1. The quantitative estimate of drug-likeness (QED) is 0.874. The lowest BCUT2D eigenvalue weighted by Gasteiger charge is -2.14. The van der Waals surface area contributed by atoms with Gasteiger partial charge in [-0.2, -0.15) is 5.10 Å². The lowest BCUT2D eigenvalue weighted by Crippen LogP contribution is -2.28. The van der Waals surface area contributed by atoms with E-state index in [2.05, 4.69) is 5.10 Å². The van der Waals surface area contributed by atoms with Gasteiger partial charge in [-0.1, -0.05) is 0 Å². The fraction of sp³-hybridized carbons (Fsp3) is 0.385. The zero-order valence-electron chi connectivity index (χ0n) is 10.6. The molecule has 0 aromatic heterocycles. The first-order valence-electron chi connectivity index (χ1n) is 5.90. The summed E-state index contributed by atoms with van der Waals surface area (Å²) in [6.07, 6.45) is 0.640. The Morgan fingerprint density at radius 2 is 2.06 bits per heavy atom. The Kier molecular flexibility index (Phi) is 3.62. The van der Waals surface area contributed by atoms with Crippen molar-refractivity contribution in [2.75, 3.05) is 18.7 Å². The van der Waals surface area contributed by atoms with Crippen molar-refractivity contribution in [3.63, 3.8) is 0 Å². The molecule has 5 nitrogen and oxygen atoms in total. The Morgan fingerprint density at radius 1 is 1.39 bits per heavy atom. The number of carbonyl (C=O) groups excluding carboxylic acids is 1. The highest BCUT2D eigenvalue weighted by molar-refractivity contribution is 6.14. The van der Waals surface area contributed by atoms with E-state index in [1.54, 1.807) is 7.11 Å². The van der Waals surface area contributed by atoms with Crippen molar-refractivity contribution in [3.8, 4) is 5.75 Å². The molecule has 1 heterocycles. The van der Waals surface area contributed by atoms with E-state index in [-0.39, 0.29) is 11.8 Å². The third-order valence-corrected chi connectivity index (χ3v) is 3.04. The van der Waals surface area contributed by atoms with E-state index in [0.717, 1.165) is 17.1 Å². The van der Waals surface area contributed by atoms with Gasteiger partial charge in [0.25, 0.3) is 5.91 Å². The predicted molar refractivity (Wildman–Crippen MR) is 70.8 cm³/mol. The summed E-state index contributed by atoms with van der Waals surface area (Å²) in [6, 6.07) is 7.25. The summed E-state index contributed by atoms with van der Waals surface area (Å²) in [5.41, 5.74) is 7.08. The van der Waals surface area contributed by atoms with Gasteiger partial charge in [-0.15, -0.1) is 0 Å². The third kappa shape index (κ3) is 2.22. The van der Waals surface area contributed by atoms with Crippen LogP contribution in [-0.4, -0.2) is 25.3 Å². The maximum atomic E-state index is 12.2. The van der Waals surface area contributed by atoms with Crippen LogP contribution in [0.3, 0.4) is 0 Å². The van der Waals surface area contributed by atoms with Gasteiger partial charge in [0.05, 0.1) is 18.7 Å². The van der Waals surface area contributed by atoms with Crippen molar-refractivity contribution in [1.29, 1.82) is 0 Å². The van der Waals surface area contributed by atoms with Gasteiger partial charge < -0.3 is 10.5 Å². The maximum absolute atomic E-state index is 12.2. The van der Waals surface area contributed by atoms with Gasteiger partial charge in [0.2, 0.25) is 0 Å². The average molecular weight is 247 g/mol. The first-order chi connectivity index (χ1) is 8.67. The van der Waals surface area contributed by atoms with Crippen LogP contribution >= 0.6 is 0 Å². The van der Waals surface area contributed by atoms with Crippen LogP contribution in [0.15, 0.2) is 29.4 Å². The number of hydrazone groups is 1. The fourth-order valence-corrected chi connectivity index (χ4v) is 2.01. The van der Waals surface area contributed by atoms with Gasteiger partial charge in [-0.25, -0.2) is 5.01 Å². The van der Waals surface area contributed by atoms with Gasteiger partial charge in [0, 0.05) is 5.71 Å². The second-order valence-electron chi connectivity index (χ2n) is 4.22. The molecule has 0 fully saturated rings. The van der Waals surface area contributed by atoms with Crippen LogP contribution in [0.1, 0.15) is 13.3 Å². The summed E-state index contributed by atoms with van der Waals surface area (Å²) in [4.78, 5) is 12.2. The molecule has 0 radical (unpaired) electrons. The largest absolute Gasteiger partial charge is 0.497 e. The molecule has 1 aliphatic heterocycles. The first-order valence-corrected chi connectivity index (χ1v) is 5.90. The summed E-state index contributed by atoms with van der Waals surface area (Å²) in [7, 11) is 1.61. The van der Waals surface area contributed by atoms with E-state index in [1.807, 2.05) is 31.2 Å². The Balaban J connectivity index is 2.21. The second kappa shape index (κ2) is 5.18. The molecule has 18 heavy (non-hydrogen) atoms. The number of nitrogens with two attached hydrogens (primary N) is 1. The summed E-state index contributed by atoms with van der Waals surface area (Å²) in [5, 5.41) is 5.74. The number of methoxy groups -OCH3 is 1. The number of rotatable bonds is 4. The van der Waals surface area contributed by atoms with E-state index in [0.29, 0.717) is 13.0 Å². The average Bonchev–Trinajstić information content (AvgIpc) is 2.67.